The van der Waals surface area contributed by atoms with Crippen molar-refractivity contribution in [1.82, 2.24) is 0 Å². The molecule has 3 N–H and O–H groups in total. The van der Waals surface area contributed by atoms with Crippen molar-refractivity contribution in [2.75, 3.05) is 14.2 Å². The summed E-state index contributed by atoms with van der Waals surface area (Å²) >= 11 is 0. The molecule has 0 radical (unpaired) electrons. The average Bonchev–Trinajstić information content (AvgIpc) is 3.13. The number of para-hydroxylation sites is 1. The Hall–Kier alpha value is -3.62. The number of aliphatic hydroxyl groups is 2. The van der Waals surface area contributed by atoms with Crippen molar-refractivity contribution < 1.29 is 34.0 Å². The standard InChI is InChI=1S/C30H48O4.C17H14O4/c1-25(2)14-15-30(24(33)34)19(16-25)18-8-9-21-27(5)12-11-22(31)26(3,4)20(27)10-13-28(21,6)29(18,7)17-23(30)32;1-19-13-10-6-9-12-14(18)17(20-2)15(21-16(12)13)11-7-4-3-5-8-11/h8,19-23,31-32H,9-17H2,1-7H3,(H,33,34);3-10H,1-2H3. The Kier molecular flexibility index (Phi) is 9.72. The number of carboxylic acid groups (broad SMARTS) is 1. The largest absolute Gasteiger partial charge is 0.493 e. The van der Waals surface area contributed by atoms with Gasteiger partial charge in [0, 0.05) is 5.56 Å². The second kappa shape index (κ2) is 13.5. The lowest BCUT2D eigenvalue weighted by Gasteiger charge is -2.71. The van der Waals surface area contributed by atoms with E-state index in [1.807, 2.05) is 30.3 Å². The van der Waals surface area contributed by atoms with Gasteiger partial charge >= 0.3 is 5.97 Å². The molecule has 0 aliphatic heterocycles. The summed E-state index contributed by atoms with van der Waals surface area (Å²) in [6.45, 7) is 16.4. The first-order valence-corrected chi connectivity index (χ1v) is 20.4. The van der Waals surface area contributed by atoms with Crippen LogP contribution in [0.3, 0.4) is 0 Å². The molecule has 5 aliphatic carbocycles. The third-order valence-electron chi connectivity index (χ3n) is 16.4. The molecule has 0 bridgehead atoms. The number of fused-ring (bicyclic) bond motifs is 8. The van der Waals surface area contributed by atoms with Crippen LogP contribution in [-0.2, 0) is 4.79 Å². The second-order valence-electron chi connectivity index (χ2n) is 19.7. The predicted octanol–water partition coefficient (Wildman–Crippen LogP) is 9.68. The maximum Gasteiger partial charge on any atom is 0.312 e. The fraction of sp³-hybridized carbons (Fsp3) is 0.617. The molecular formula is C47H62O8. The molecule has 0 saturated heterocycles. The van der Waals surface area contributed by atoms with Gasteiger partial charge in [0.15, 0.2) is 17.1 Å². The van der Waals surface area contributed by atoms with Crippen molar-refractivity contribution in [3.63, 3.8) is 0 Å². The lowest BCUT2D eigenvalue weighted by atomic mass is 9.33. The summed E-state index contributed by atoms with van der Waals surface area (Å²) in [7, 11) is 3.01. The van der Waals surface area contributed by atoms with Crippen LogP contribution >= 0.6 is 0 Å². The van der Waals surface area contributed by atoms with Crippen LogP contribution in [0.2, 0.25) is 0 Å². The van der Waals surface area contributed by atoms with E-state index in [4.69, 9.17) is 13.9 Å². The molecule has 5 aliphatic rings. The fourth-order valence-corrected chi connectivity index (χ4v) is 13.0. The maximum atomic E-state index is 12.8. The fourth-order valence-electron chi connectivity index (χ4n) is 13.0. The molecule has 4 saturated carbocycles. The molecule has 4 fully saturated rings. The molecule has 8 nitrogen and oxygen atoms in total. The minimum Gasteiger partial charge on any atom is -0.493 e. The monoisotopic (exact) mass is 754 g/mol. The zero-order valence-corrected chi connectivity index (χ0v) is 34.3. The van der Waals surface area contributed by atoms with Crippen molar-refractivity contribution in [3.8, 4) is 22.8 Å². The van der Waals surface area contributed by atoms with Gasteiger partial charge < -0.3 is 29.2 Å². The number of carbonyl (C=O) groups is 1. The summed E-state index contributed by atoms with van der Waals surface area (Å²) < 4.78 is 16.5. The number of benzene rings is 2. The highest BCUT2D eigenvalue weighted by Gasteiger charge is 2.71. The molecule has 298 valence electrons. The molecule has 3 aromatic rings. The van der Waals surface area contributed by atoms with Gasteiger partial charge in [-0.2, -0.15) is 0 Å². The van der Waals surface area contributed by atoms with E-state index in [1.165, 1.54) is 12.7 Å². The van der Waals surface area contributed by atoms with Gasteiger partial charge in [-0.1, -0.05) is 96.5 Å². The van der Waals surface area contributed by atoms with E-state index in [0.717, 1.165) is 50.5 Å². The smallest absolute Gasteiger partial charge is 0.312 e. The molecule has 1 aromatic heterocycles. The first-order chi connectivity index (χ1) is 25.8. The number of aliphatic carboxylic acids is 1. The van der Waals surface area contributed by atoms with Crippen LogP contribution in [0.15, 0.2) is 69.4 Å². The Labute approximate surface area is 326 Å². The van der Waals surface area contributed by atoms with Crippen molar-refractivity contribution in [2.45, 2.75) is 118 Å². The van der Waals surface area contributed by atoms with E-state index in [1.54, 1.807) is 25.3 Å². The Morgan fingerprint density at radius 1 is 0.800 bits per heavy atom. The summed E-state index contributed by atoms with van der Waals surface area (Å²) in [6, 6.07) is 14.6. The number of hydrogen-bond acceptors (Lipinski definition) is 7. The predicted molar refractivity (Wildman–Crippen MR) is 215 cm³/mol. The molecule has 8 rings (SSSR count). The van der Waals surface area contributed by atoms with Gasteiger partial charge in [-0.15, -0.1) is 0 Å². The summed E-state index contributed by atoms with van der Waals surface area (Å²) in [5, 5.41) is 33.5. The van der Waals surface area contributed by atoms with Crippen molar-refractivity contribution in [2.24, 2.45) is 50.2 Å². The van der Waals surface area contributed by atoms with Gasteiger partial charge in [-0.05, 0) is 115 Å². The molecule has 9 unspecified atom stereocenters. The number of carboxylic acids is 1. The Morgan fingerprint density at radius 3 is 2.16 bits per heavy atom. The van der Waals surface area contributed by atoms with Crippen LogP contribution < -0.4 is 14.9 Å². The topological polar surface area (TPSA) is 126 Å². The minimum absolute atomic E-state index is 0.0218. The van der Waals surface area contributed by atoms with Gasteiger partial charge in [0.25, 0.3) is 0 Å². The van der Waals surface area contributed by atoms with Crippen LogP contribution in [-0.4, -0.2) is 47.7 Å². The molecule has 2 aromatic carbocycles. The number of rotatable bonds is 4. The Morgan fingerprint density at radius 2 is 1.51 bits per heavy atom. The van der Waals surface area contributed by atoms with Crippen molar-refractivity contribution in [1.29, 1.82) is 0 Å². The molecule has 0 amide bonds. The SMILES string of the molecule is CC1(C)CCC2(C(=O)O)C(O)CC3(C)C(=CCC4C5(C)CCC(O)C(C)(C)C5CCC43C)C2C1.COc1c(-c2ccccc2)oc2c(OC)cccc2c1=O. The van der Waals surface area contributed by atoms with E-state index in [9.17, 15) is 24.9 Å². The van der Waals surface area contributed by atoms with E-state index in [2.05, 4.69) is 54.5 Å². The normalized spacial score (nSPS) is 37.1. The molecule has 55 heavy (non-hydrogen) atoms. The number of ether oxygens (including phenoxy) is 2. The third kappa shape index (κ3) is 5.74. The van der Waals surface area contributed by atoms with Gasteiger partial charge in [0.1, 0.15) is 5.41 Å². The molecule has 9 atom stereocenters. The average molecular weight is 755 g/mol. The summed E-state index contributed by atoms with van der Waals surface area (Å²) in [6.07, 6.45) is 9.35. The molecule has 8 heteroatoms. The highest BCUT2D eigenvalue weighted by Crippen LogP contribution is 2.75. The van der Waals surface area contributed by atoms with Gasteiger partial charge in [0.2, 0.25) is 11.2 Å². The number of hydrogen-bond donors (Lipinski definition) is 3. The van der Waals surface area contributed by atoms with Crippen LogP contribution in [0.4, 0.5) is 0 Å². The van der Waals surface area contributed by atoms with Crippen molar-refractivity contribution in [3.05, 3.63) is 70.4 Å². The quantitative estimate of drug-likeness (QED) is 0.225. The number of aliphatic hydroxyl groups excluding tert-OH is 2. The lowest BCUT2D eigenvalue weighted by Crippen LogP contribution is -2.67. The van der Waals surface area contributed by atoms with Gasteiger partial charge in [0.05, 0.1) is 31.8 Å². The molecular weight excluding hydrogens is 693 g/mol. The van der Waals surface area contributed by atoms with E-state index in [0.29, 0.717) is 47.2 Å². The van der Waals surface area contributed by atoms with Crippen LogP contribution in [0.5, 0.6) is 11.5 Å². The Bertz CT molecular complexity index is 2050. The van der Waals surface area contributed by atoms with Crippen molar-refractivity contribution >= 4 is 16.9 Å². The molecule has 1 heterocycles. The summed E-state index contributed by atoms with van der Waals surface area (Å²) in [5.41, 5.74) is 1.28. The Balaban J connectivity index is 0.000000190. The van der Waals surface area contributed by atoms with E-state index in [-0.39, 0.29) is 50.3 Å². The summed E-state index contributed by atoms with van der Waals surface area (Å²) in [4.78, 5) is 25.4. The zero-order valence-electron chi connectivity index (χ0n) is 34.3. The number of methoxy groups -OCH3 is 2. The zero-order chi connectivity index (χ0) is 39.9. The second-order valence-corrected chi connectivity index (χ2v) is 19.7. The first kappa shape index (κ1) is 39.6. The highest BCUT2D eigenvalue weighted by atomic mass is 16.5. The first-order valence-electron chi connectivity index (χ1n) is 20.4. The highest BCUT2D eigenvalue weighted by molar-refractivity contribution is 5.86. The van der Waals surface area contributed by atoms with Crippen LogP contribution in [0.1, 0.15) is 106 Å². The lowest BCUT2D eigenvalue weighted by molar-refractivity contribution is -0.218. The number of allylic oxidation sites excluding steroid dienone is 2. The minimum atomic E-state index is -1.04. The van der Waals surface area contributed by atoms with Crippen LogP contribution in [0, 0.1) is 50.2 Å². The van der Waals surface area contributed by atoms with E-state index < -0.39 is 17.5 Å². The molecule has 0 spiro atoms. The van der Waals surface area contributed by atoms with Gasteiger partial charge in [-0.3, -0.25) is 9.59 Å². The summed E-state index contributed by atoms with van der Waals surface area (Å²) in [5.74, 6) is 1.21. The van der Waals surface area contributed by atoms with E-state index >= 15 is 0 Å². The third-order valence-corrected chi connectivity index (χ3v) is 16.4. The van der Waals surface area contributed by atoms with Gasteiger partial charge in [-0.25, -0.2) is 0 Å². The van der Waals surface area contributed by atoms with Crippen LogP contribution in [0.25, 0.3) is 22.3 Å². The maximum absolute atomic E-state index is 12.8.